The van der Waals surface area contributed by atoms with E-state index in [-0.39, 0.29) is 5.91 Å². The molecule has 2 rings (SSSR count). The average Bonchev–Trinajstić information content (AvgIpc) is 2.62. The molecule has 1 aliphatic heterocycles. The minimum atomic E-state index is 0.0942. The molecule has 0 aromatic heterocycles. The second-order valence-electron chi connectivity index (χ2n) is 5.91. The summed E-state index contributed by atoms with van der Waals surface area (Å²) in [6.07, 6.45) is 1.33. The maximum absolute atomic E-state index is 11.8. The Balaban J connectivity index is 1.48. The van der Waals surface area contributed by atoms with Crippen molar-refractivity contribution in [2.45, 2.75) is 12.8 Å². The van der Waals surface area contributed by atoms with Crippen molar-refractivity contribution in [3.63, 3.8) is 0 Å². The van der Waals surface area contributed by atoms with Crippen LogP contribution >= 0.6 is 0 Å². The van der Waals surface area contributed by atoms with Crippen LogP contribution in [0.3, 0.4) is 0 Å². The highest BCUT2D eigenvalue weighted by Gasteiger charge is 2.09. The van der Waals surface area contributed by atoms with E-state index in [1.54, 1.807) is 7.11 Å². The largest absolute Gasteiger partial charge is 0.497 e. The van der Waals surface area contributed by atoms with E-state index in [9.17, 15) is 4.79 Å². The van der Waals surface area contributed by atoms with Gasteiger partial charge >= 0.3 is 0 Å². The van der Waals surface area contributed by atoms with Gasteiger partial charge in [0.15, 0.2) is 0 Å². The summed E-state index contributed by atoms with van der Waals surface area (Å²) >= 11 is 0. The van der Waals surface area contributed by atoms with Crippen molar-refractivity contribution in [3.05, 3.63) is 29.8 Å². The fraction of sp³-hybridized carbons (Fsp3) is 0.611. The fourth-order valence-electron chi connectivity index (χ4n) is 2.65. The maximum atomic E-state index is 11.8. The number of morpholine rings is 1. The summed E-state index contributed by atoms with van der Waals surface area (Å²) < 4.78 is 10.5. The Labute approximate surface area is 144 Å². The highest BCUT2D eigenvalue weighted by atomic mass is 16.5. The minimum Gasteiger partial charge on any atom is -0.497 e. The van der Waals surface area contributed by atoms with Crippen molar-refractivity contribution in [2.75, 3.05) is 59.6 Å². The van der Waals surface area contributed by atoms with Crippen LogP contribution < -0.4 is 15.4 Å². The van der Waals surface area contributed by atoms with Crippen molar-refractivity contribution in [3.8, 4) is 5.75 Å². The first-order chi connectivity index (χ1) is 11.8. The predicted molar refractivity (Wildman–Crippen MR) is 94.5 cm³/mol. The first-order valence-corrected chi connectivity index (χ1v) is 8.68. The van der Waals surface area contributed by atoms with Crippen molar-refractivity contribution in [2.24, 2.45) is 0 Å². The third kappa shape index (κ3) is 7.29. The lowest BCUT2D eigenvalue weighted by Crippen LogP contribution is -2.40. The second kappa shape index (κ2) is 11.0. The summed E-state index contributed by atoms with van der Waals surface area (Å²) in [6.45, 7) is 6.97. The lowest BCUT2D eigenvalue weighted by molar-refractivity contribution is -0.120. The highest BCUT2D eigenvalue weighted by molar-refractivity contribution is 5.76. The van der Waals surface area contributed by atoms with Crippen LogP contribution in [0.15, 0.2) is 24.3 Å². The fourth-order valence-corrected chi connectivity index (χ4v) is 2.65. The van der Waals surface area contributed by atoms with E-state index < -0.39 is 0 Å². The van der Waals surface area contributed by atoms with Gasteiger partial charge in [0.1, 0.15) is 5.75 Å². The molecule has 0 radical (unpaired) electrons. The van der Waals surface area contributed by atoms with Crippen LogP contribution in [-0.2, 0) is 16.0 Å². The van der Waals surface area contributed by atoms with Gasteiger partial charge in [0.05, 0.1) is 20.3 Å². The van der Waals surface area contributed by atoms with Gasteiger partial charge in [-0.05, 0) is 24.1 Å². The highest BCUT2D eigenvalue weighted by Crippen LogP contribution is 2.12. The van der Waals surface area contributed by atoms with E-state index in [1.807, 2.05) is 24.3 Å². The van der Waals surface area contributed by atoms with Gasteiger partial charge in [-0.1, -0.05) is 12.1 Å². The Hall–Kier alpha value is -1.63. The third-order valence-electron chi connectivity index (χ3n) is 4.11. The van der Waals surface area contributed by atoms with Crippen molar-refractivity contribution < 1.29 is 14.3 Å². The van der Waals surface area contributed by atoms with Gasteiger partial charge in [0.25, 0.3) is 0 Å². The number of nitrogens with one attached hydrogen (secondary N) is 2. The van der Waals surface area contributed by atoms with E-state index in [1.165, 1.54) is 5.56 Å². The molecule has 24 heavy (non-hydrogen) atoms. The first-order valence-electron chi connectivity index (χ1n) is 8.68. The zero-order valence-corrected chi connectivity index (χ0v) is 14.6. The van der Waals surface area contributed by atoms with Crippen LogP contribution in [0.1, 0.15) is 12.0 Å². The van der Waals surface area contributed by atoms with Gasteiger partial charge < -0.3 is 20.1 Å². The van der Waals surface area contributed by atoms with E-state index >= 15 is 0 Å². The Kier molecular flexibility index (Phi) is 8.59. The van der Waals surface area contributed by atoms with Gasteiger partial charge in [0, 0.05) is 45.7 Å². The molecule has 0 unspecified atom stereocenters. The zero-order valence-electron chi connectivity index (χ0n) is 14.6. The Morgan fingerprint density at radius 3 is 2.88 bits per heavy atom. The summed E-state index contributed by atoms with van der Waals surface area (Å²) in [5.41, 5.74) is 1.17. The number of benzene rings is 1. The average molecular weight is 335 g/mol. The molecule has 6 heteroatoms. The van der Waals surface area contributed by atoms with Crippen LogP contribution in [0, 0.1) is 0 Å². The van der Waals surface area contributed by atoms with Gasteiger partial charge in [-0.15, -0.1) is 0 Å². The number of rotatable bonds is 10. The number of hydrogen-bond donors (Lipinski definition) is 2. The molecule has 0 spiro atoms. The molecule has 1 aromatic carbocycles. The van der Waals surface area contributed by atoms with Gasteiger partial charge in [-0.25, -0.2) is 0 Å². The number of nitrogens with zero attached hydrogens (tertiary/aromatic N) is 1. The Morgan fingerprint density at radius 2 is 2.08 bits per heavy atom. The van der Waals surface area contributed by atoms with Crippen molar-refractivity contribution in [1.82, 2.24) is 15.5 Å². The lowest BCUT2D eigenvalue weighted by atomic mass is 10.1. The minimum absolute atomic E-state index is 0.0942. The normalized spacial score (nSPS) is 15.2. The number of ether oxygens (including phenoxy) is 2. The summed E-state index contributed by atoms with van der Waals surface area (Å²) in [5.74, 6) is 0.945. The number of hydrogen-bond acceptors (Lipinski definition) is 5. The number of carbonyl (C=O) groups excluding carboxylic acids is 1. The molecular formula is C18H29N3O3. The topological polar surface area (TPSA) is 62.8 Å². The number of amides is 1. The second-order valence-corrected chi connectivity index (χ2v) is 5.91. The molecule has 1 amide bonds. The standard InChI is InChI=1S/C18H29N3O3/c1-23-17-4-2-3-16(15-17)5-8-20-18(22)6-7-19-9-10-21-11-13-24-14-12-21/h2-4,15,19H,5-14H2,1H3,(H,20,22). The Bertz CT molecular complexity index is 490. The van der Waals surface area contributed by atoms with Gasteiger partial charge in [-0.3, -0.25) is 9.69 Å². The molecule has 134 valence electrons. The maximum Gasteiger partial charge on any atom is 0.221 e. The number of carbonyl (C=O) groups is 1. The summed E-state index contributed by atoms with van der Waals surface area (Å²) in [5, 5.41) is 6.29. The summed E-state index contributed by atoms with van der Waals surface area (Å²) in [4.78, 5) is 14.2. The monoisotopic (exact) mass is 335 g/mol. The smallest absolute Gasteiger partial charge is 0.221 e. The molecule has 0 aliphatic carbocycles. The van der Waals surface area contributed by atoms with Crippen molar-refractivity contribution in [1.29, 1.82) is 0 Å². The lowest BCUT2D eigenvalue weighted by Gasteiger charge is -2.26. The molecule has 1 fully saturated rings. The molecular weight excluding hydrogens is 306 g/mol. The SMILES string of the molecule is COc1cccc(CCNC(=O)CCNCCN2CCOCC2)c1. The molecule has 0 atom stereocenters. The first kappa shape index (κ1) is 18.7. The van der Waals surface area contributed by atoms with Crippen LogP contribution in [0.5, 0.6) is 5.75 Å². The van der Waals surface area contributed by atoms with Crippen LogP contribution in [0.2, 0.25) is 0 Å². The van der Waals surface area contributed by atoms with E-state index in [0.717, 1.165) is 58.1 Å². The molecule has 1 aliphatic rings. The third-order valence-corrected chi connectivity index (χ3v) is 4.11. The van der Waals surface area contributed by atoms with E-state index in [4.69, 9.17) is 9.47 Å². The molecule has 0 saturated carbocycles. The van der Waals surface area contributed by atoms with Gasteiger partial charge in [-0.2, -0.15) is 0 Å². The van der Waals surface area contributed by atoms with Crippen LogP contribution in [0.4, 0.5) is 0 Å². The van der Waals surface area contributed by atoms with E-state index in [0.29, 0.717) is 13.0 Å². The quantitative estimate of drug-likeness (QED) is 0.615. The Morgan fingerprint density at radius 1 is 1.25 bits per heavy atom. The molecule has 1 aromatic rings. The molecule has 2 N–H and O–H groups in total. The molecule has 0 bridgehead atoms. The summed E-state index contributed by atoms with van der Waals surface area (Å²) in [6, 6.07) is 7.93. The predicted octanol–water partition coefficient (Wildman–Crippen LogP) is 0.666. The molecule has 1 heterocycles. The molecule has 1 saturated heterocycles. The summed E-state index contributed by atoms with van der Waals surface area (Å²) in [7, 11) is 1.66. The van der Waals surface area contributed by atoms with Crippen LogP contribution in [-0.4, -0.2) is 70.4 Å². The van der Waals surface area contributed by atoms with E-state index in [2.05, 4.69) is 15.5 Å². The van der Waals surface area contributed by atoms with Crippen LogP contribution in [0.25, 0.3) is 0 Å². The number of methoxy groups -OCH3 is 1. The molecule has 6 nitrogen and oxygen atoms in total. The van der Waals surface area contributed by atoms with Crippen molar-refractivity contribution >= 4 is 5.91 Å². The zero-order chi connectivity index (χ0) is 17.0. The van der Waals surface area contributed by atoms with Gasteiger partial charge in [0.2, 0.25) is 5.91 Å².